The molecule has 1 fully saturated rings. The maximum Gasteiger partial charge on any atom is 0.315 e. The second kappa shape index (κ2) is 11.9. The van der Waals surface area contributed by atoms with Gasteiger partial charge >= 0.3 is 12.1 Å². The summed E-state index contributed by atoms with van der Waals surface area (Å²) in [5.41, 5.74) is 2.17. The van der Waals surface area contributed by atoms with Gasteiger partial charge in [0.2, 0.25) is 0 Å². The van der Waals surface area contributed by atoms with Gasteiger partial charge in [0.15, 0.2) is 0 Å². The maximum atomic E-state index is 12.1. The van der Waals surface area contributed by atoms with E-state index in [0.29, 0.717) is 38.0 Å². The Kier molecular flexibility index (Phi) is 8.57. The Morgan fingerprint density at radius 1 is 0.667 bits per heavy atom. The van der Waals surface area contributed by atoms with E-state index >= 15 is 0 Å². The minimum atomic E-state index is -0.126. The summed E-state index contributed by atoms with van der Waals surface area (Å²) in [6.45, 7) is 2.42. The van der Waals surface area contributed by atoms with Crippen molar-refractivity contribution >= 4 is 12.1 Å². The van der Waals surface area contributed by atoms with Crippen LogP contribution in [0.1, 0.15) is 36.8 Å². The van der Waals surface area contributed by atoms with Crippen molar-refractivity contribution in [1.82, 2.24) is 21.3 Å². The number of rotatable bonds is 8. The van der Waals surface area contributed by atoms with Crippen molar-refractivity contribution in [3.8, 4) is 0 Å². The van der Waals surface area contributed by atoms with Gasteiger partial charge in [-0.1, -0.05) is 67.1 Å². The van der Waals surface area contributed by atoms with Gasteiger partial charge in [0.1, 0.15) is 0 Å². The van der Waals surface area contributed by atoms with Crippen molar-refractivity contribution in [2.45, 2.75) is 38.8 Å². The zero-order valence-electron chi connectivity index (χ0n) is 17.4. The first-order valence-electron chi connectivity index (χ1n) is 10.8. The minimum Gasteiger partial charge on any atom is -0.338 e. The molecule has 4 N–H and O–H groups in total. The maximum absolute atomic E-state index is 12.1. The molecule has 3 rings (SSSR count). The molecule has 2 aromatic rings. The monoisotopic (exact) mass is 408 g/mol. The van der Waals surface area contributed by atoms with Crippen LogP contribution in [0, 0.1) is 11.8 Å². The van der Waals surface area contributed by atoms with Crippen LogP contribution in [0.2, 0.25) is 0 Å². The first-order valence-corrected chi connectivity index (χ1v) is 10.8. The molecule has 0 bridgehead atoms. The van der Waals surface area contributed by atoms with Crippen molar-refractivity contribution in [2.24, 2.45) is 11.8 Å². The molecule has 6 heteroatoms. The number of benzene rings is 2. The predicted molar refractivity (Wildman–Crippen MR) is 119 cm³/mol. The summed E-state index contributed by atoms with van der Waals surface area (Å²) in [5, 5.41) is 11.8. The van der Waals surface area contributed by atoms with Crippen molar-refractivity contribution in [1.29, 1.82) is 0 Å². The Bertz CT molecular complexity index is 717. The Morgan fingerprint density at radius 3 is 1.53 bits per heavy atom. The molecule has 160 valence electrons. The lowest BCUT2D eigenvalue weighted by Crippen LogP contribution is -2.41. The molecule has 1 saturated carbocycles. The molecule has 2 atom stereocenters. The Hall–Kier alpha value is -3.02. The van der Waals surface area contributed by atoms with Gasteiger partial charge in [0.25, 0.3) is 0 Å². The standard InChI is InChI=1S/C24H32N4O2/c29-23(25-15-19-8-3-1-4-9-19)27-17-21-12-7-13-22(14-21)18-28-24(30)26-16-20-10-5-2-6-11-20/h1-6,8-11,21-22H,7,12-18H2,(H2,25,27,29)(H2,26,28,30). The lowest BCUT2D eigenvalue weighted by Gasteiger charge is -2.29. The largest absolute Gasteiger partial charge is 0.338 e. The van der Waals surface area contributed by atoms with Gasteiger partial charge in [-0.2, -0.15) is 0 Å². The fourth-order valence-electron chi connectivity index (χ4n) is 3.93. The van der Waals surface area contributed by atoms with Crippen molar-refractivity contribution in [2.75, 3.05) is 13.1 Å². The summed E-state index contributed by atoms with van der Waals surface area (Å²) in [5.74, 6) is 0.917. The first-order chi connectivity index (χ1) is 14.7. The molecule has 2 aromatic carbocycles. The fraction of sp³-hybridized carbons (Fsp3) is 0.417. The van der Waals surface area contributed by atoms with E-state index in [1.54, 1.807) is 0 Å². The molecular weight excluding hydrogens is 376 g/mol. The molecule has 2 unspecified atom stereocenters. The van der Waals surface area contributed by atoms with Gasteiger partial charge < -0.3 is 21.3 Å². The van der Waals surface area contributed by atoms with Crippen molar-refractivity contribution in [3.05, 3.63) is 71.8 Å². The third-order valence-electron chi connectivity index (χ3n) is 5.59. The highest BCUT2D eigenvalue weighted by molar-refractivity contribution is 5.74. The quantitative estimate of drug-likeness (QED) is 0.536. The molecular formula is C24H32N4O2. The average molecular weight is 409 g/mol. The number of carbonyl (C=O) groups excluding carboxylic acids is 2. The summed E-state index contributed by atoms with van der Waals surface area (Å²) in [7, 11) is 0. The van der Waals surface area contributed by atoms with Gasteiger partial charge in [-0.15, -0.1) is 0 Å². The van der Waals surface area contributed by atoms with Gasteiger partial charge in [-0.05, 0) is 42.2 Å². The average Bonchev–Trinajstić information content (AvgIpc) is 2.80. The van der Waals surface area contributed by atoms with E-state index in [-0.39, 0.29) is 12.1 Å². The molecule has 0 aliphatic heterocycles. The highest BCUT2D eigenvalue weighted by atomic mass is 16.2. The van der Waals surface area contributed by atoms with Crippen LogP contribution in [-0.4, -0.2) is 25.2 Å². The molecule has 4 amide bonds. The summed E-state index contributed by atoms with van der Waals surface area (Å²) in [6.07, 6.45) is 4.40. The molecule has 6 nitrogen and oxygen atoms in total. The SMILES string of the molecule is O=C(NCc1ccccc1)NCC1CCCC(CNC(=O)NCc2ccccc2)C1. The summed E-state index contributed by atoms with van der Waals surface area (Å²) in [6, 6.07) is 19.5. The fourth-order valence-corrected chi connectivity index (χ4v) is 3.93. The Labute approximate surface area is 178 Å². The summed E-state index contributed by atoms with van der Waals surface area (Å²) >= 11 is 0. The van der Waals surface area contributed by atoms with Crippen LogP contribution in [-0.2, 0) is 13.1 Å². The molecule has 0 saturated heterocycles. The molecule has 0 aromatic heterocycles. The van der Waals surface area contributed by atoms with Crippen LogP contribution in [0.3, 0.4) is 0 Å². The van der Waals surface area contributed by atoms with Crippen molar-refractivity contribution in [3.63, 3.8) is 0 Å². The highest BCUT2D eigenvalue weighted by Gasteiger charge is 2.22. The number of nitrogens with one attached hydrogen (secondary N) is 4. The molecule has 0 radical (unpaired) electrons. The second-order valence-electron chi connectivity index (χ2n) is 8.00. The zero-order valence-corrected chi connectivity index (χ0v) is 17.4. The number of urea groups is 2. The molecule has 1 aliphatic rings. The minimum absolute atomic E-state index is 0.126. The van der Waals surface area contributed by atoms with Crippen LogP contribution in [0.15, 0.2) is 60.7 Å². The first kappa shape index (κ1) is 21.7. The lowest BCUT2D eigenvalue weighted by atomic mass is 9.81. The number of amides is 4. The molecule has 0 spiro atoms. The van der Waals surface area contributed by atoms with E-state index < -0.39 is 0 Å². The summed E-state index contributed by atoms with van der Waals surface area (Å²) in [4.78, 5) is 24.1. The Morgan fingerprint density at radius 2 is 1.10 bits per heavy atom. The van der Waals surface area contributed by atoms with Crippen LogP contribution in [0.25, 0.3) is 0 Å². The second-order valence-corrected chi connectivity index (χ2v) is 8.00. The van der Waals surface area contributed by atoms with E-state index in [1.165, 1.54) is 0 Å². The zero-order chi connectivity index (χ0) is 21.0. The van der Waals surface area contributed by atoms with Gasteiger partial charge in [-0.25, -0.2) is 9.59 Å². The van der Waals surface area contributed by atoms with E-state index in [1.807, 2.05) is 60.7 Å². The van der Waals surface area contributed by atoms with Crippen LogP contribution >= 0.6 is 0 Å². The molecule has 1 aliphatic carbocycles. The molecule has 30 heavy (non-hydrogen) atoms. The molecule has 0 heterocycles. The number of hydrogen-bond acceptors (Lipinski definition) is 2. The van der Waals surface area contributed by atoms with E-state index in [4.69, 9.17) is 0 Å². The summed E-state index contributed by atoms with van der Waals surface area (Å²) < 4.78 is 0. The van der Waals surface area contributed by atoms with E-state index in [0.717, 1.165) is 36.8 Å². The number of carbonyl (C=O) groups is 2. The van der Waals surface area contributed by atoms with E-state index in [2.05, 4.69) is 21.3 Å². The lowest BCUT2D eigenvalue weighted by molar-refractivity contribution is 0.221. The topological polar surface area (TPSA) is 82.3 Å². The van der Waals surface area contributed by atoms with E-state index in [9.17, 15) is 9.59 Å². The third-order valence-corrected chi connectivity index (χ3v) is 5.59. The Balaban J connectivity index is 1.29. The van der Waals surface area contributed by atoms with Crippen LogP contribution < -0.4 is 21.3 Å². The van der Waals surface area contributed by atoms with Gasteiger partial charge in [0.05, 0.1) is 0 Å². The van der Waals surface area contributed by atoms with Gasteiger partial charge in [0, 0.05) is 26.2 Å². The van der Waals surface area contributed by atoms with Crippen LogP contribution in [0.5, 0.6) is 0 Å². The van der Waals surface area contributed by atoms with Crippen molar-refractivity contribution < 1.29 is 9.59 Å². The van der Waals surface area contributed by atoms with Crippen LogP contribution in [0.4, 0.5) is 9.59 Å². The number of hydrogen-bond donors (Lipinski definition) is 4. The highest BCUT2D eigenvalue weighted by Crippen LogP contribution is 2.28. The third kappa shape index (κ3) is 7.78. The van der Waals surface area contributed by atoms with Gasteiger partial charge in [-0.3, -0.25) is 0 Å². The predicted octanol–water partition coefficient (Wildman–Crippen LogP) is 3.79. The normalized spacial score (nSPS) is 18.3. The smallest absolute Gasteiger partial charge is 0.315 e.